The highest BCUT2D eigenvalue weighted by atomic mass is 35.5. The quantitative estimate of drug-likeness (QED) is 0.896. The van der Waals surface area contributed by atoms with Crippen LogP contribution in [0.25, 0.3) is 0 Å². The number of hydrogen-bond donors (Lipinski definition) is 1. The molecule has 1 atom stereocenters. The summed E-state index contributed by atoms with van der Waals surface area (Å²) in [5.41, 5.74) is 1.96. The van der Waals surface area contributed by atoms with E-state index >= 15 is 0 Å². The zero-order valence-electron chi connectivity index (χ0n) is 12.8. The lowest BCUT2D eigenvalue weighted by Crippen LogP contribution is -2.35. The number of benzene rings is 1. The van der Waals surface area contributed by atoms with Gasteiger partial charge in [-0.05, 0) is 17.7 Å². The van der Waals surface area contributed by atoms with Crippen molar-refractivity contribution in [1.82, 2.24) is 4.90 Å². The van der Waals surface area contributed by atoms with Gasteiger partial charge in [0.2, 0.25) is 5.91 Å². The van der Waals surface area contributed by atoms with Crippen LogP contribution in [0.1, 0.15) is 12.0 Å². The number of halogens is 1. The smallest absolute Gasteiger partial charge is 0.308 e. The van der Waals surface area contributed by atoms with Crippen LogP contribution < -0.4 is 4.90 Å². The third-order valence-electron chi connectivity index (χ3n) is 4.23. The van der Waals surface area contributed by atoms with Crippen LogP contribution in [0.2, 0.25) is 0 Å². The summed E-state index contributed by atoms with van der Waals surface area (Å²) in [5.74, 6) is -1.62. The van der Waals surface area contributed by atoms with Crippen LogP contribution in [-0.2, 0) is 20.9 Å². The first-order valence-electron chi connectivity index (χ1n) is 7.55. The van der Waals surface area contributed by atoms with Crippen molar-refractivity contribution in [2.24, 2.45) is 5.92 Å². The highest BCUT2D eigenvalue weighted by Crippen LogP contribution is 2.25. The summed E-state index contributed by atoms with van der Waals surface area (Å²) in [4.78, 5) is 26.8. The van der Waals surface area contributed by atoms with Crippen LogP contribution in [0.4, 0.5) is 5.69 Å². The average molecular weight is 341 g/mol. The Morgan fingerprint density at radius 1 is 1.22 bits per heavy atom. The molecule has 1 amide bonds. The molecule has 23 heavy (non-hydrogen) atoms. The molecule has 2 saturated heterocycles. The van der Waals surface area contributed by atoms with Gasteiger partial charge in [0.1, 0.15) is 0 Å². The monoisotopic (exact) mass is 340 g/mol. The number of nitrogens with zero attached hydrogens (tertiary/aromatic N) is 2. The number of hydrogen-bond acceptors (Lipinski definition) is 4. The summed E-state index contributed by atoms with van der Waals surface area (Å²) in [5, 5.41) is 9.03. The van der Waals surface area contributed by atoms with Crippen molar-refractivity contribution in [3.8, 4) is 0 Å². The first kappa shape index (κ1) is 17.7. The minimum atomic E-state index is -0.903. The number of carbonyl (C=O) groups excluding carboxylic acids is 1. The number of rotatable bonds is 4. The standard InChI is InChI=1S/C16H20N2O4.ClH/c19-15-9-13(16(20)21)11-18(15)14-3-1-12(2-4-14)10-17-5-7-22-8-6-17;/h1-4,13H,5-11H2,(H,20,21);1H/t13-;/m0./s1. The van der Waals surface area contributed by atoms with Gasteiger partial charge in [-0.1, -0.05) is 12.1 Å². The molecular weight excluding hydrogens is 320 g/mol. The van der Waals surface area contributed by atoms with Gasteiger partial charge in [0.05, 0.1) is 19.1 Å². The molecule has 1 aromatic carbocycles. The number of anilines is 1. The zero-order chi connectivity index (χ0) is 15.5. The molecule has 7 heteroatoms. The van der Waals surface area contributed by atoms with E-state index in [1.54, 1.807) is 4.90 Å². The fourth-order valence-corrected chi connectivity index (χ4v) is 2.92. The van der Waals surface area contributed by atoms with E-state index in [0.717, 1.165) is 38.5 Å². The molecule has 126 valence electrons. The Bertz CT molecular complexity index is 558. The first-order chi connectivity index (χ1) is 10.6. The van der Waals surface area contributed by atoms with Crippen molar-refractivity contribution in [2.75, 3.05) is 37.7 Å². The predicted octanol–water partition coefficient (Wildman–Crippen LogP) is 1.38. The van der Waals surface area contributed by atoms with Gasteiger partial charge >= 0.3 is 5.97 Å². The Morgan fingerprint density at radius 3 is 2.43 bits per heavy atom. The lowest BCUT2D eigenvalue weighted by Gasteiger charge is -2.26. The zero-order valence-corrected chi connectivity index (χ0v) is 13.6. The minimum absolute atomic E-state index is 0. The van der Waals surface area contributed by atoms with Crippen molar-refractivity contribution < 1.29 is 19.4 Å². The van der Waals surface area contributed by atoms with E-state index in [0.29, 0.717) is 0 Å². The van der Waals surface area contributed by atoms with Gasteiger partial charge in [-0.2, -0.15) is 0 Å². The van der Waals surface area contributed by atoms with Crippen molar-refractivity contribution in [3.05, 3.63) is 29.8 Å². The molecule has 3 rings (SSSR count). The average Bonchev–Trinajstić information content (AvgIpc) is 2.91. The third-order valence-corrected chi connectivity index (χ3v) is 4.23. The topological polar surface area (TPSA) is 70.1 Å². The van der Waals surface area contributed by atoms with Gasteiger partial charge in [0, 0.05) is 38.3 Å². The normalized spacial score (nSPS) is 22.0. The van der Waals surface area contributed by atoms with Crippen LogP contribution >= 0.6 is 12.4 Å². The first-order valence-corrected chi connectivity index (χ1v) is 7.55. The van der Waals surface area contributed by atoms with E-state index in [2.05, 4.69) is 4.90 Å². The maximum absolute atomic E-state index is 11.9. The molecule has 2 aliphatic heterocycles. The van der Waals surface area contributed by atoms with Crippen molar-refractivity contribution in [2.45, 2.75) is 13.0 Å². The second-order valence-electron chi connectivity index (χ2n) is 5.80. The number of ether oxygens (including phenoxy) is 1. The molecule has 1 N–H and O–H groups in total. The van der Waals surface area contributed by atoms with Crippen LogP contribution in [-0.4, -0.2) is 54.7 Å². The van der Waals surface area contributed by atoms with Crippen molar-refractivity contribution in [1.29, 1.82) is 0 Å². The van der Waals surface area contributed by atoms with E-state index in [1.807, 2.05) is 24.3 Å². The lowest BCUT2D eigenvalue weighted by molar-refractivity contribution is -0.141. The summed E-state index contributed by atoms with van der Waals surface area (Å²) < 4.78 is 5.33. The highest BCUT2D eigenvalue weighted by molar-refractivity contribution is 5.99. The number of aliphatic carboxylic acids is 1. The maximum atomic E-state index is 11.9. The van der Waals surface area contributed by atoms with Gasteiger partial charge in [-0.25, -0.2) is 0 Å². The van der Waals surface area contributed by atoms with Gasteiger partial charge < -0.3 is 14.7 Å². The molecular formula is C16H21ClN2O4. The second kappa shape index (κ2) is 7.77. The summed E-state index contributed by atoms with van der Waals surface area (Å²) in [6, 6.07) is 7.81. The number of carbonyl (C=O) groups is 2. The van der Waals surface area contributed by atoms with E-state index in [1.165, 1.54) is 5.56 Å². The molecule has 0 radical (unpaired) electrons. The summed E-state index contributed by atoms with van der Waals surface area (Å²) in [7, 11) is 0. The largest absolute Gasteiger partial charge is 0.481 e. The van der Waals surface area contributed by atoms with Gasteiger partial charge in [0.25, 0.3) is 0 Å². The van der Waals surface area contributed by atoms with E-state index in [9.17, 15) is 9.59 Å². The van der Waals surface area contributed by atoms with Crippen LogP contribution in [0.3, 0.4) is 0 Å². The second-order valence-corrected chi connectivity index (χ2v) is 5.80. The Kier molecular flexibility index (Phi) is 5.98. The lowest BCUT2D eigenvalue weighted by atomic mass is 10.1. The third kappa shape index (κ3) is 4.22. The SMILES string of the molecule is Cl.O=C(O)[C@H]1CC(=O)N(c2ccc(CN3CCOCC3)cc2)C1. The Balaban J connectivity index is 0.00000192. The Morgan fingerprint density at radius 2 is 1.87 bits per heavy atom. The van der Waals surface area contributed by atoms with Crippen LogP contribution in [0.5, 0.6) is 0 Å². The van der Waals surface area contributed by atoms with Crippen molar-refractivity contribution in [3.63, 3.8) is 0 Å². The number of carboxylic acids is 1. The molecule has 2 fully saturated rings. The Hall–Kier alpha value is -1.63. The Labute approximate surface area is 141 Å². The van der Waals surface area contributed by atoms with Gasteiger partial charge in [-0.15, -0.1) is 12.4 Å². The molecule has 0 bridgehead atoms. The molecule has 0 unspecified atom stereocenters. The van der Waals surface area contributed by atoms with Gasteiger partial charge in [0.15, 0.2) is 0 Å². The summed E-state index contributed by atoms with van der Waals surface area (Å²) in [6.07, 6.45) is 0.0882. The molecule has 0 saturated carbocycles. The van der Waals surface area contributed by atoms with Crippen LogP contribution in [0.15, 0.2) is 24.3 Å². The van der Waals surface area contributed by atoms with E-state index in [-0.39, 0.29) is 31.3 Å². The summed E-state index contributed by atoms with van der Waals surface area (Å²) in [6.45, 7) is 4.56. The minimum Gasteiger partial charge on any atom is -0.481 e. The van der Waals surface area contributed by atoms with Crippen molar-refractivity contribution >= 4 is 30.0 Å². The molecule has 1 aromatic rings. The number of morpholine rings is 1. The fraction of sp³-hybridized carbons (Fsp3) is 0.500. The number of carboxylic acid groups (broad SMARTS) is 1. The number of amides is 1. The molecule has 0 spiro atoms. The van der Waals surface area contributed by atoms with E-state index < -0.39 is 11.9 Å². The molecule has 0 aliphatic carbocycles. The molecule has 6 nitrogen and oxygen atoms in total. The van der Waals surface area contributed by atoms with Crippen LogP contribution in [0, 0.1) is 5.92 Å². The molecule has 2 aliphatic rings. The highest BCUT2D eigenvalue weighted by Gasteiger charge is 2.34. The fourth-order valence-electron chi connectivity index (χ4n) is 2.92. The van der Waals surface area contributed by atoms with Gasteiger partial charge in [-0.3, -0.25) is 14.5 Å². The predicted molar refractivity (Wildman–Crippen MR) is 87.9 cm³/mol. The van der Waals surface area contributed by atoms with E-state index in [4.69, 9.17) is 9.84 Å². The molecule has 0 aromatic heterocycles. The maximum Gasteiger partial charge on any atom is 0.308 e. The summed E-state index contributed by atoms with van der Waals surface area (Å²) >= 11 is 0. The molecule has 2 heterocycles.